The Labute approximate surface area is 318 Å². The van der Waals surface area contributed by atoms with Crippen LogP contribution in [0.1, 0.15) is 181 Å². The number of phosphoric acid groups is 1. The Bertz CT molecular complexity index is 908. The molecule has 0 rings (SSSR count). The van der Waals surface area contributed by atoms with Gasteiger partial charge in [-0.2, -0.15) is 0 Å². The van der Waals surface area contributed by atoms with Crippen LogP contribution in [0.3, 0.4) is 0 Å². The summed E-state index contributed by atoms with van der Waals surface area (Å²) in [5, 5.41) is 18.3. The molecule has 9 nitrogen and oxygen atoms in total. The maximum Gasteiger partial charge on any atom is 0.472 e. The van der Waals surface area contributed by atoms with Crippen molar-refractivity contribution < 1.29 is 43.0 Å². The Morgan fingerprint density at radius 3 is 1.60 bits per heavy atom. The van der Waals surface area contributed by atoms with Gasteiger partial charge in [-0.25, -0.2) is 4.57 Å². The van der Waals surface area contributed by atoms with Gasteiger partial charge < -0.3 is 24.6 Å². The molecule has 0 amide bonds. The van der Waals surface area contributed by atoms with Gasteiger partial charge in [-0.3, -0.25) is 13.8 Å². The molecule has 0 saturated heterocycles. The first-order valence-corrected chi connectivity index (χ1v) is 22.5. The lowest BCUT2D eigenvalue weighted by Gasteiger charge is -2.20. The van der Waals surface area contributed by atoms with Crippen molar-refractivity contribution in [3.05, 3.63) is 36.5 Å². The minimum Gasteiger partial charge on any atom is -0.457 e. The van der Waals surface area contributed by atoms with E-state index in [1.54, 1.807) is 0 Å². The SMILES string of the molecule is CCCCC/C=C\C/C=C\CCCCCCCCOCC(COP(=O)(O)OCC(O)CO)OC(=O)CCCCCCC/C=C\CCCCCCCC. The predicted molar refractivity (Wildman–Crippen MR) is 214 cm³/mol. The number of hydrogen-bond donors (Lipinski definition) is 3. The Kier molecular flexibility index (Phi) is 38.4. The van der Waals surface area contributed by atoms with E-state index in [4.69, 9.17) is 23.6 Å². The second-order valence-electron chi connectivity index (χ2n) is 14.0. The molecule has 3 atom stereocenters. The number of esters is 1. The molecular formula is C42H79O9P. The van der Waals surface area contributed by atoms with Crippen LogP contribution in [0.4, 0.5) is 0 Å². The highest BCUT2D eigenvalue weighted by Gasteiger charge is 2.26. The zero-order valence-corrected chi connectivity index (χ0v) is 34.2. The molecule has 0 aromatic carbocycles. The van der Waals surface area contributed by atoms with Crippen molar-refractivity contribution in [3.8, 4) is 0 Å². The minimum absolute atomic E-state index is 0.0393. The summed E-state index contributed by atoms with van der Waals surface area (Å²) in [6.07, 6.45) is 40.9. The van der Waals surface area contributed by atoms with Crippen LogP contribution >= 0.6 is 7.82 Å². The molecule has 0 aromatic rings. The van der Waals surface area contributed by atoms with Crippen molar-refractivity contribution in [2.24, 2.45) is 0 Å². The van der Waals surface area contributed by atoms with Gasteiger partial charge >= 0.3 is 13.8 Å². The third-order valence-electron chi connectivity index (χ3n) is 8.80. The zero-order chi connectivity index (χ0) is 38.2. The van der Waals surface area contributed by atoms with E-state index in [1.807, 2.05) is 0 Å². The minimum atomic E-state index is -4.52. The van der Waals surface area contributed by atoms with E-state index < -0.39 is 39.2 Å². The number of phosphoric ester groups is 1. The van der Waals surface area contributed by atoms with Crippen LogP contribution in [0, 0.1) is 0 Å². The van der Waals surface area contributed by atoms with Gasteiger partial charge in [0.1, 0.15) is 12.2 Å². The first-order chi connectivity index (χ1) is 25.3. The van der Waals surface area contributed by atoms with E-state index in [0.29, 0.717) is 13.0 Å². The number of aliphatic hydroxyl groups excluding tert-OH is 2. The molecule has 0 saturated carbocycles. The Hall–Kier alpha value is -1.32. The molecule has 0 aliphatic rings. The van der Waals surface area contributed by atoms with Crippen LogP contribution in [0.5, 0.6) is 0 Å². The van der Waals surface area contributed by atoms with Crippen LogP contribution in [-0.2, 0) is 27.9 Å². The van der Waals surface area contributed by atoms with Crippen LogP contribution in [0.2, 0.25) is 0 Å². The molecule has 3 N–H and O–H groups in total. The maximum atomic E-state index is 12.6. The maximum absolute atomic E-state index is 12.6. The highest BCUT2D eigenvalue weighted by molar-refractivity contribution is 7.47. The lowest BCUT2D eigenvalue weighted by Crippen LogP contribution is -2.29. The number of carbonyl (C=O) groups excluding carboxylic acids is 1. The van der Waals surface area contributed by atoms with Gasteiger partial charge in [-0.15, -0.1) is 0 Å². The van der Waals surface area contributed by atoms with E-state index in [-0.39, 0.29) is 19.6 Å². The van der Waals surface area contributed by atoms with Crippen molar-refractivity contribution in [1.29, 1.82) is 0 Å². The summed E-state index contributed by atoms with van der Waals surface area (Å²) in [5.74, 6) is -0.395. The van der Waals surface area contributed by atoms with Crippen molar-refractivity contribution in [2.75, 3.05) is 33.0 Å². The van der Waals surface area contributed by atoms with Crippen molar-refractivity contribution in [1.82, 2.24) is 0 Å². The standard InChI is InChI=1S/C42H79O9P/c1-3-5-7-9-11-13-15-17-19-21-23-25-27-29-31-33-35-48-38-41(39-50-52(46,47)49-37-40(44)36-43)51-42(45)34-32-30-28-26-24-22-20-18-16-14-12-10-8-6-4-2/h11,13,17-20,40-41,43-44H,3-10,12,14-16,21-39H2,1-2H3,(H,46,47)/b13-11-,19-17-,20-18-. The molecule has 0 aliphatic heterocycles. The summed E-state index contributed by atoms with van der Waals surface area (Å²) in [6, 6.07) is 0. The van der Waals surface area contributed by atoms with Gasteiger partial charge in [0.2, 0.25) is 0 Å². The summed E-state index contributed by atoms with van der Waals surface area (Å²) >= 11 is 0. The lowest BCUT2D eigenvalue weighted by molar-refractivity contribution is -0.154. The van der Waals surface area contributed by atoms with E-state index in [9.17, 15) is 19.4 Å². The van der Waals surface area contributed by atoms with Crippen LogP contribution < -0.4 is 0 Å². The van der Waals surface area contributed by atoms with E-state index in [1.165, 1.54) is 89.9 Å². The Balaban J connectivity index is 4.22. The third-order valence-corrected chi connectivity index (χ3v) is 9.75. The summed E-state index contributed by atoms with van der Waals surface area (Å²) in [7, 11) is -4.52. The largest absolute Gasteiger partial charge is 0.472 e. The summed E-state index contributed by atoms with van der Waals surface area (Å²) in [5.41, 5.74) is 0. The lowest BCUT2D eigenvalue weighted by atomic mass is 10.1. The molecule has 10 heteroatoms. The Morgan fingerprint density at radius 2 is 1.04 bits per heavy atom. The number of carbonyl (C=O) groups is 1. The number of hydrogen-bond acceptors (Lipinski definition) is 8. The fraction of sp³-hybridized carbons (Fsp3) is 0.833. The van der Waals surface area contributed by atoms with Gasteiger partial charge in [-0.05, 0) is 70.6 Å². The van der Waals surface area contributed by atoms with E-state index in [2.05, 4.69) is 50.3 Å². The predicted octanol–water partition coefficient (Wildman–Crippen LogP) is 11.3. The third kappa shape index (κ3) is 38.4. The van der Waals surface area contributed by atoms with Gasteiger partial charge in [0.15, 0.2) is 0 Å². The van der Waals surface area contributed by atoms with Crippen molar-refractivity contribution in [2.45, 2.75) is 193 Å². The summed E-state index contributed by atoms with van der Waals surface area (Å²) < 4.78 is 33.3. The fourth-order valence-electron chi connectivity index (χ4n) is 5.56. The van der Waals surface area contributed by atoms with Gasteiger partial charge in [-0.1, -0.05) is 140 Å². The molecule has 0 aromatic heterocycles. The molecule has 306 valence electrons. The number of aliphatic hydroxyl groups is 2. The van der Waals surface area contributed by atoms with Crippen molar-refractivity contribution >= 4 is 13.8 Å². The number of unbranched alkanes of at least 4 members (excludes halogenated alkanes) is 20. The second-order valence-corrected chi connectivity index (χ2v) is 15.5. The number of ether oxygens (including phenoxy) is 2. The topological polar surface area (TPSA) is 132 Å². The van der Waals surface area contributed by atoms with Crippen molar-refractivity contribution in [3.63, 3.8) is 0 Å². The highest BCUT2D eigenvalue weighted by Crippen LogP contribution is 2.43. The number of allylic oxidation sites excluding steroid dienone is 6. The average molecular weight is 759 g/mol. The van der Waals surface area contributed by atoms with E-state index >= 15 is 0 Å². The van der Waals surface area contributed by atoms with Crippen LogP contribution in [0.15, 0.2) is 36.5 Å². The van der Waals surface area contributed by atoms with Crippen LogP contribution in [0.25, 0.3) is 0 Å². The molecule has 0 aliphatic carbocycles. The first kappa shape index (κ1) is 50.7. The molecule has 0 radical (unpaired) electrons. The number of rotatable bonds is 40. The first-order valence-electron chi connectivity index (χ1n) is 21.0. The van der Waals surface area contributed by atoms with E-state index in [0.717, 1.165) is 64.2 Å². The molecular weight excluding hydrogens is 679 g/mol. The summed E-state index contributed by atoms with van der Waals surface area (Å²) in [6.45, 7) is 3.45. The highest BCUT2D eigenvalue weighted by atomic mass is 31.2. The second kappa shape index (κ2) is 39.4. The van der Waals surface area contributed by atoms with Gasteiger partial charge in [0.05, 0.1) is 26.4 Å². The molecule has 0 heterocycles. The quantitative estimate of drug-likeness (QED) is 0.0242. The fourth-order valence-corrected chi connectivity index (χ4v) is 6.35. The van der Waals surface area contributed by atoms with Gasteiger partial charge in [0.25, 0.3) is 0 Å². The molecule has 0 fully saturated rings. The zero-order valence-electron chi connectivity index (χ0n) is 33.3. The summed E-state index contributed by atoms with van der Waals surface area (Å²) in [4.78, 5) is 22.5. The smallest absolute Gasteiger partial charge is 0.457 e. The van der Waals surface area contributed by atoms with Crippen LogP contribution in [-0.4, -0.2) is 66.3 Å². The molecule has 52 heavy (non-hydrogen) atoms. The monoisotopic (exact) mass is 759 g/mol. The molecule has 0 spiro atoms. The molecule has 0 bridgehead atoms. The molecule has 3 unspecified atom stereocenters. The Morgan fingerprint density at radius 1 is 0.596 bits per heavy atom. The van der Waals surface area contributed by atoms with Gasteiger partial charge in [0, 0.05) is 13.0 Å². The normalized spacial score (nSPS) is 14.5. The average Bonchev–Trinajstić information content (AvgIpc) is 3.13.